The Morgan fingerprint density at radius 3 is 2.60 bits per heavy atom. The fraction of sp³-hybridized carbons (Fsp3) is 0.0909. The number of benzene rings is 3. The number of rotatable bonds is 8. The quantitative estimate of drug-likeness (QED) is 0.347. The number of carbonyl (C=O) groups excluding carboxylic acids is 1. The summed E-state index contributed by atoms with van der Waals surface area (Å²) in [6, 6.07) is 20.4. The Morgan fingerprint density at radius 1 is 1.10 bits per heavy atom. The second-order valence-electron chi connectivity index (χ2n) is 6.16. The first kappa shape index (κ1) is 20.5. The van der Waals surface area contributed by atoms with Crippen LogP contribution in [0.3, 0.4) is 0 Å². The van der Waals surface area contributed by atoms with Crippen molar-refractivity contribution in [1.82, 2.24) is 5.43 Å². The molecule has 8 heteroatoms. The number of para-hydroxylation sites is 1. The van der Waals surface area contributed by atoms with Gasteiger partial charge in [-0.15, -0.1) is 0 Å². The number of nitrogens with zero attached hydrogens (tertiary/aromatic N) is 2. The summed E-state index contributed by atoms with van der Waals surface area (Å²) in [6.45, 7) is 0.335. The third kappa shape index (κ3) is 5.20. The van der Waals surface area contributed by atoms with Crippen LogP contribution in [0.2, 0.25) is 0 Å². The van der Waals surface area contributed by atoms with Crippen LogP contribution in [0.4, 0.5) is 5.69 Å². The lowest BCUT2D eigenvalue weighted by Crippen LogP contribution is -2.17. The van der Waals surface area contributed by atoms with Gasteiger partial charge in [-0.05, 0) is 23.8 Å². The third-order valence-corrected chi connectivity index (χ3v) is 4.14. The highest BCUT2D eigenvalue weighted by Gasteiger charge is 2.12. The molecule has 0 aliphatic heterocycles. The van der Waals surface area contributed by atoms with E-state index in [9.17, 15) is 14.9 Å². The molecule has 0 spiro atoms. The fourth-order valence-corrected chi connectivity index (χ4v) is 2.67. The van der Waals surface area contributed by atoms with Crippen molar-refractivity contribution in [2.75, 3.05) is 7.11 Å². The summed E-state index contributed by atoms with van der Waals surface area (Å²) < 4.78 is 11.3. The molecule has 0 unspecified atom stereocenters. The van der Waals surface area contributed by atoms with Gasteiger partial charge in [0.15, 0.2) is 11.5 Å². The first-order valence-electron chi connectivity index (χ1n) is 9.00. The molecular formula is C22H19N3O5. The van der Waals surface area contributed by atoms with Crippen molar-refractivity contribution in [3.8, 4) is 11.5 Å². The van der Waals surface area contributed by atoms with Gasteiger partial charge in [-0.25, -0.2) is 5.43 Å². The topological polar surface area (TPSA) is 103 Å². The van der Waals surface area contributed by atoms with Crippen LogP contribution >= 0.6 is 0 Å². The van der Waals surface area contributed by atoms with Crippen LogP contribution in [0.15, 0.2) is 77.9 Å². The van der Waals surface area contributed by atoms with Gasteiger partial charge in [-0.3, -0.25) is 14.9 Å². The number of hydrogen-bond acceptors (Lipinski definition) is 6. The lowest BCUT2D eigenvalue weighted by atomic mass is 10.2. The molecule has 1 N–H and O–H groups in total. The van der Waals surface area contributed by atoms with Gasteiger partial charge >= 0.3 is 0 Å². The van der Waals surface area contributed by atoms with E-state index in [-0.39, 0.29) is 11.3 Å². The normalized spacial score (nSPS) is 10.6. The van der Waals surface area contributed by atoms with E-state index < -0.39 is 10.8 Å². The average molecular weight is 405 g/mol. The van der Waals surface area contributed by atoms with Crippen molar-refractivity contribution in [3.05, 3.63) is 99.6 Å². The average Bonchev–Trinajstić information content (AvgIpc) is 2.78. The summed E-state index contributed by atoms with van der Waals surface area (Å²) >= 11 is 0. The molecule has 0 radical (unpaired) electrons. The summed E-state index contributed by atoms with van der Waals surface area (Å²) in [6.07, 6.45) is 1.43. The Balaban J connectivity index is 1.74. The van der Waals surface area contributed by atoms with E-state index in [2.05, 4.69) is 10.5 Å². The SMILES string of the molecule is COc1cccc(/C=N\NC(=O)c2cccc([N+](=O)[O-])c2)c1OCc1ccccc1. The maximum atomic E-state index is 12.2. The maximum absolute atomic E-state index is 12.2. The largest absolute Gasteiger partial charge is 0.493 e. The highest BCUT2D eigenvalue weighted by molar-refractivity contribution is 5.95. The minimum Gasteiger partial charge on any atom is -0.493 e. The van der Waals surface area contributed by atoms with E-state index in [0.29, 0.717) is 23.7 Å². The molecular weight excluding hydrogens is 386 g/mol. The number of methoxy groups -OCH3 is 1. The molecule has 0 fully saturated rings. The van der Waals surface area contributed by atoms with Gasteiger partial charge in [0, 0.05) is 23.3 Å². The van der Waals surface area contributed by atoms with E-state index in [1.807, 2.05) is 30.3 Å². The number of hydrogen-bond donors (Lipinski definition) is 1. The van der Waals surface area contributed by atoms with Gasteiger partial charge in [0.05, 0.1) is 18.2 Å². The second-order valence-corrected chi connectivity index (χ2v) is 6.16. The Labute approximate surface area is 172 Å². The van der Waals surface area contributed by atoms with Crippen LogP contribution < -0.4 is 14.9 Å². The van der Waals surface area contributed by atoms with Gasteiger partial charge in [0.25, 0.3) is 11.6 Å². The third-order valence-electron chi connectivity index (χ3n) is 4.14. The van der Waals surface area contributed by atoms with Crippen LogP contribution in [0.25, 0.3) is 0 Å². The molecule has 0 saturated heterocycles. The number of non-ortho nitro benzene ring substituents is 1. The molecule has 1 amide bonds. The molecule has 0 aliphatic rings. The van der Waals surface area contributed by atoms with Crippen LogP contribution in [0, 0.1) is 10.1 Å². The number of amides is 1. The monoisotopic (exact) mass is 405 g/mol. The minimum absolute atomic E-state index is 0.132. The first-order valence-corrected chi connectivity index (χ1v) is 9.00. The Bertz CT molecular complexity index is 1070. The number of hydrazone groups is 1. The smallest absolute Gasteiger partial charge is 0.271 e. The molecule has 0 aromatic heterocycles. The van der Waals surface area contributed by atoms with Crippen molar-refractivity contribution in [2.24, 2.45) is 5.10 Å². The fourth-order valence-electron chi connectivity index (χ4n) is 2.67. The lowest BCUT2D eigenvalue weighted by molar-refractivity contribution is -0.384. The van der Waals surface area contributed by atoms with Crippen molar-refractivity contribution >= 4 is 17.8 Å². The van der Waals surface area contributed by atoms with Crippen molar-refractivity contribution in [2.45, 2.75) is 6.61 Å². The van der Waals surface area contributed by atoms with Crippen molar-refractivity contribution in [3.63, 3.8) is 0 Å². The molecule has 3 aromatic rings. The molecule has 3 aromatic carbocycles. The molecule has 0 heterocycles. The van der Waals surface area contributed by atoms with Gasteiger partial charge in [-0.1, -0.05) is 42.5 Å². The minimum atomic E-state index is -0.565. The van der Waals surface area contributed by atoms with Crippen LogP contribution in [-0.2, 0) is 6.61 Å². The summed E-state index contributed by atoms with van der Waals surface area (Å²) in [4.78, 5) is 22.5. The summed E-state index contributed by atoms with van der Waals surface area (Å²) in [5.41, 5.74) is 3.92. The van der Waals surface area contributed by atoms with Crippen LogP contribution in [0.1, 0.15) is 21.5 Å². The Hall–Kier alpha value is -4.20. The molecule has 30 heavy (non-hydrogen) atoms. The van der Waals surface area contributed by atoms with Crippen molar-refractivity contribution < 1.29 is 19.2 Å². The predicted octanol–water partition coefficient (Wildman–Crippen LogP) is 3.95. The van der Waals surface area contributed by atoms with Crippen LogP contribution in [0.5, 0.6) is 11.5 Å². The number of carbonyl (C=O) groups is 1. The lowest BCUT2D eigenvalue weighted by Gasteiger charge is -2.13. The van der Waals surface area contributed by atoms with Gasteiger partial charge in [0.1, 0.15) is 6.61 Å². The summed E-state index contributed by atoms with van der Waals surface area (Å²) in [5.74, 6) is 0.446. The molecule has 0 saturated carbocycles. The van der Waals surface area contributed by atoms with E-state index in [1.54, 1.807) is 18.2 Å². The van der Waals surface area contributed by atoms with Gasteiger partial charge in [-0.2, -0.15) is 5.10 Å². The summed E-state index contributed by atoms with van der Waals surface area (Å²) in [7, 11) is 1.54. The zero-order valence-electron chi connectivity index (χ0n) is 16.1. The van der Waals surface area contributed by atoms with E-state index in [4.69, 9.17) is 9.47 Å². The standard InChI is InChI=1S/C22H19N3O5/c1-29-20-12-6-10-18(21(20)30-15-16-7-3-2-4-8-16)14-23-24-22(26)17-9-5-11-19(13-17)25(27)28/h2-14H,15H2,1H3,(H,24,26)/b23-14-. The highest BCUT2D eigenvalue weighted by atomic mass is 16.6. The maximum Gasteiger partial charge on any atom is 0.271 e. The number of nitro benzene ring substituents is 1. The second kappa shape index (κ2) is 9.83. The summed E-state index contributed by atoms with van der Waals surface area (Å²) in [5, 5.41) is 14.8. The molecule has 152 valence electrons. The molecule has 0 aliphatic carbocycles. The zero-order chi connectivity index (χ0) is 21.3. The number of nitro groups is 1. The van der Waals surface area contributed by atoms with E-state index >= 15 is 0 Å². The molecule has 0 bridgehead atoms. The number of ether oxygens (including phenoxy) is 2. The predicted molar refractivity (Wildman–Crippen MR) is 112 cm³/mol. The molecule has 0 atom stereocenters. The molecule has 3 rings (SSSR count). The van der Waals surface area contributed by atoms with Crippen molar-refractivity contribution in [1.29, 1.82) is 0 Å². The first-order chi connectivity index (χ1) is 14.6. The zero-order valence-corrected chi connectivity index (χ0v) is 16.1. The Morgan fingerprint density at radius 2 is 1.87 bits per heavy atom. The highest BCUT2D eigenvalue weighted by Crippen LogP contribution is 2.30. The van der Waals surface area contributed by atoms with Gasteiger partial charge in [0.2, 0.25) is 0 Å². The van der Waals surface area contributed by atoms with Gasteiger partial charge < -0.3 is 9.47 Å². The Kier molecular flexibility index (Phi) is 6.73. The van der Waals surface area contributed by atoms with E-state index in [1.165, 1.54) is 37.6 Å². The van der Waals surface area contributed by atoms with E-state index in [0.717, 1.165) is 5.56 Å². The number of nitrogens with one attached hydrogen (secondary N) is 1. The molecule has 8 nitrogen and oxygen atoms in total. The van der Waals surface area contributed by atoms with Crippen LogP contribution in [-0.4, -0.2) is 24.2 Å².